The Morgan fingerprint density at radius 1 is 1.17 bits per heavy atom. The van der Waals surface area contributed by atoms with Gasteiger partial charge in [-0.15, -0.1) is 0 Å². The van der Waals surface area contributed by atoms with Gasteiger partial charge in [0.05, 0.1) is 12.2 Å². The van der Waals surface area contributed by atoms with Crippen molar-refractivity contribution in [1.29, 1.82) is 0 Å². The molecule has 6 heteroatoms. The predicted octanol–water partition coefficient (Wildman–Crippen LogP) is 2.60. The topological polar surface area (TPSA) is 70.7 Å². The summed E-state index contributed by atoms with van der Waals surface area (Å²) in [6, 6.07) is 7.43. The molecule has 1 saturated heterocycles. The second kappa shape index (κ2) is 8.15. The van der Waals surface area contributed by atoms with E-state index < -0.39 is 0 Å². The predicted molar refractivity (Wildman–Crippen MR) is 93.7 cm³/mol. The van der Waals surface area contributed by atoms with Gasteiger partial charge in [0, 0.05) is 31.2 Å². The lowest BCUT2D eigenvalue weighted by atomic mass is 10.1. The molecule has 1 aromatic carbocycles. The first-order valence-electron chi connectivity index (χ1n) is 8.43. The summed E-state index contributed by atoms with van der Waals surface area (Å²) in [6.07, 6.45) is 0.117. The number of carbonyl (C=O) groups is 2. The molecule has 2 rings (SSSR count). The summed E-state index contributed by atoms with van der Waals surface area (Å²) in [7, 11) is 0. The van der Waals surface area contributed by atoms with Gasteiger partial charge in [0.15, 0.2) is 0 Å². The number of anilines is 1. The second-order valence-electron chi connectivity index (χ2n) is 6.66. The fourth-order valence-corrected chi connectivity index (χ4v) is 2.63. The zero-order valence-electron chi connectivity index (χ0n) is 14.8. The van der Waals surface area contributed by atoms with E-state index in [1.54, 1.807) is 4.90 Å². The Balaban J connectivity index is 1.83. The summed E-state index contributed by atoms with van der Waals surface area (Å²) < 4.78 is 5.63. The lowest BCUT2D eigenvalue weighted by molar-refractivity contribution is -0.118. The van der Waals surface area contributed by atoms with E-state index in [9.17, 15) is 9.59 Å². The molecule has 6 nitrogen and oxygen atoms in total. The van der Waals surface area contributed by atoms with Gasteiger partial charge in [-0.2, -0.15) is 0 Å². The summed E-state index contributed by atoms with van der Waals surface area (Å²) >= 11 is 0. The summed E-state index contributed by atoms with van der Waals surface area (Å²) in [6.45, 7) is 9.32. The number of amides is 3. The average Bonchev–Trinajstić information content (AvgIpc) is 2.52. The molecule has 3 amide bonds. The maximum absolute atomic E-state index is 12.3. The molecule has 132 valence electrons. The number of nitrogens with one attached hydrogen (secondary N) is 2. The highest BCUT2D eigenvalue weighted by molar-refractivity contribution is 5.92. The SMILES string of the molecule is CC(C)C(=O)Nc1ccc(CNC(=O)N2C[C@H](C)O[C@@H](C)C2)cc1. The number of nitrogens with zero attached hydrogens (tertiary/aromatic N) is 1. The van der Waals surface area contributed by atoms with Gasteiger partial charge in [-0.3, -0.25) is 4.79 Å². The Labute approximate surface area is 143 Å². The molecule has 1 fully saturated rings. The van der Waals surface area contributed by atoms with E-state index in [0.717, 1.165) is 11.3 Å². The molecule has 2 N–H and O–H groups in total. The molecular formula is C18H27N3O3. The number of carbonyl (C=O) groups excluding carboxylic acids is 2. The van der Waals surface area contributed by atoms with Crippen molar-refractivity contribution in [2.24, 2.45) is 5.92 Å². The number of urea groups is 1. The zero-order valence-corrected chi connectivity index (χ0v) is 14.8. The van der Waals surface area contributed by atoms with Crippen LogP contribution in [0.1, 0.15) is 33.3 Å². The molecule has 2 atom stereocenters. The quantitative estimate of drug-likeness (QED) is 0.890. The number of rotatable bonds is 4. The third-order valence-electron chi connectivity index (χ3n) is 3.90. The smallest absolute Gasteiger partial charge is 0.317 e. The van der Waals surface area contributed by atoms with E-state index in [4.69, 9.17) is 4.74 Å². The van der Waals surface area contributed by atoms with Gasteiger partial charge >= 0.3 is 6.03 Å². The van der Waals surface area contributed by atoms with E-state index in [0.29, 0.717) is 19.6 Å². The first-order valence-corrected chi connectivity index (χ1v) is 8.43. The molecule has 1 aromatic rings. The maximum Gasteiger partial charge on any atom is 0.317 e. The standard InChI is InChI=1S/C18H27N3O3/c1-12(2)17(22)20-16-7-5-15(6-8-16)9-19-18(23)21-10-13(3)24-14(4)11-21/h5-8,12-14H,9-11H2,1-4H3,(H,19,23)(H,20,22)/t13-,14-/m0/s1. The van der Waals surface area contributed by atoms with Crippen molar-refractivity contribution in [2.75, 3.05) is 18.4 Å². The molecular weight excluding hydrogens is 306 g/mol. The number of hydrogen-bond acceptors (Lipinski definition) is 3. The minimum atomic E-state index is -0.0748. The average molecular weight is 333 g/mol. The van der Waals surface area contributed by atoms with Gasteiger partial charge < -0.3 is 20.3 Å². The largest absolute Gasteiger partial charge is 0.372 e. The molecule has 0 unspecified atom stereocenters. The number of morpholine rings is 1. The van der Waals surface area contributed by atoms with Gasteiger partial charge in [0.25, 0.3) is 0 Å². The number of hydrogen-bond donors (Lipinski definition) is 2. The number of ether oxygens (including phenoxy) is 1. The normalized spacial score (nSPS) is 20.8. The van der Waals surface area contributed by atoms with Gasteiger partial charge in [-0.1, -0.05) is 26.0 Å². The molecule has 1 heterocycles. The molecule has 0 aliphatic carbocycles. The Bertz CT molecular complexity index is 561. The van der Waals surface area contributed by atoms with E-state index in [1.165, 1.54) is 0 Å². The highest BCUT2D eigenvalue weighted by Gasteiger charge is 2.25. The minimum absolute atomic E-state index is 0.00777. The van der Waals surface area contributed by atoms with Gasteiger partial charge in [-0.05, 0) is 31.5 Å². The summed E-state index contributed by atoms with van der Waals surface area (Å²) in [5.74, 6) is -0.0612. The molecule has 1 aliphatic heterocycles. The monoisotopic (exact) mass is 333 g/mol. The van der Waals surface area contributed by atoms with Crippen LogP contribution in [0, 0.1) is 5.92 Å². The van der Waals surface area contributed by atoms with Crippen molar-refractivity contribution in [3.63, 3.8) is 0 Å². The lowest BCUT2D eigenvalue weighted by Gasteiger charge is -2.35. The molecule has 0 radical (unpaired) electrons. The Kier molecular flexibility index (Phi) is 6.20. The van der Waals surface area contributed by atoms with Crippen LogP contribution in [-0.2, 0) is 16.1 Å². The van der Waals surface area contributed by atoms with E-state index in [-0.39, 0.29) is 30.1 Å². The zero-order chi connectivity index (χ0) is 17.7. The molecule has 0 bridgehead atoms. The fraction of sp³-hybridized carbons (Fsp3) is 0.556. The molecule has 24 heavy (non-hydrogen) atoms. The van der Waals surface area contributed by atoms with Gasteiger partial charge in [-0.25, -0.2) is 4.79 Å². The van der Waals surface area contributed by atoms with Crippen molar-refractivity contribution in [2.45, 2.75) is 46.4 Å². The van der Waals surface area contributed by atoms with Gasteiger partial charge in [0.1, 0.15) is 0 Å². The van der Waals surface area contributed by atoms with E-state index in [2.05, 4.69) is 10.6 Å². The minimum Gasteiger partial charge on any atom is -0.372 e. The van der Waals surface area contributed by atoms with Crippen molar-refractivity contribution in [1.82, 2.24) is 10.2 Å². The highest BCUT2D eigenvalue weighted by Crippen LogP contribution is 2.13. The van der Waals surface area contributed by atoms with Crippen molar-refractivity contribution >= 4 is 17.6 Å². The van der Waals surface area contributed by atoms with Crippen LogP contribution in [0.3, 0.4) is 0 Å². The molecule has 0 saturated carbocycles. The Morgan fingerprint density at radius 2 is 1.75 bits per heavy atom. The van der Waals surface area contributed by atoms with Crippen LogP contribution in [0.4, 0.5) is 10.5 Å². The van der Waals surface area contributed by atoms with E-state index >= 15 is 0 Å². The van der Waals surface area contributed by atoms with Crippen molar-refractivity contribution in [3.8, 4) is 0 Å². The van der Waals surface area contributed by atoms with Gasteiger partial charge in [0.2, 0.25) is 5.91 Å². The third kappa shape index (κ3) is 5.23. The van der Waals surface area contributed by atoms with Crippen LogP contribution in [0.15, 0.2) is 24.3 Å². The fourth-order valence-electron chi connectivity index (χ4n) is 2.63. The van der Waals surface area contributed by atoms with Crippen molar-refractivity contribution < 1.29 is 14.3 Å². The molecule has 0 aromatic heterocycles. The maximum atomic E-state index is 12.3. The Morgan fingerprint density at radius 3 is 2.29 bits per heavy atom. The molecule has 1 aliphatic rings. The van der Waals surface area contributed by atoms with Crippen molar-refractivity contribution in [3.05, 3.63) is 29.8 Å². The first-order chi connectivity index (χ1) is 11.3. The third-order valence-corrected chi connectivity index (χ3v) is 3.90. The van der Waals surface area contributed by atoms with Crippen LogP contribution >= 0.6 is 0 Å². The summed E-state index contributed by atoms with van der Waals surface area (Å²) in [5.41, 5.74) is 1.75. The lowest BCUT2D eigenvalue weighted by Crippen LogP contribution is -2.51. The Hall–Kier alpha value is -2.08. The summed E-state index contributed by atoms with van der Waals surface area (Å²) in [4.78, 5) is 25.7. The van der Waals surface area contributed by atoms with Crippen LogP contribution in [-0.4, -0.2) is 42.1 Å². The first kappa shape index (κ1) is 18.3. The van der Waals surface area contributed by atoms with Crippen LogP contribution < -0.4 is 10.6 Å². The summed E-state index contributed by atoms with van der Waals surface area (Å²) in [5, 5.41) is 5.78. The van der Waals surface area contributed by atoms with E-state index in [1.807, 2.05) is 52.0 Å². The highest BCUT2D eigenvalue weighted by atomic mass is 16.5. The molecule has 0 spiro atoms. The van der Waals surface area contributed by atoms with Crippen LogP contribution in [0.5, 0.6) is 0 Å². The second-order valence-corrected chi connectivity index (χ2v) is 6.66. The van der Waals surface area contributed by atoms with Crippen LogP contribution in [0.25, 0.3) is 0 Å². The number of benzene rings is 1. The van der Waals surface area contributed by atoms with Crippen LogP contribution in [0.2, 0.25) is 0 Å².